The third-order valence-corrected chi connectivity index (χ3v) is 3.14. The van der Waals surface area contributed by atoms with E-state index < -0.39 is 0 Å². The number of nitrogens with two attached hydrogens (primary N) is 1. The summed E-state index contributed by atoms with van der Waals surface area (Å²) in [5.74, 6) is 0.335. The summed E-state index contributed by atoms with van der Waals surface area (Å²) < 4.78 is 0. The zero-order valence-corrected chi connectivity index (χ0v) is 10.7. The number of hydrogen-bond acceptors (Lipinski definition) is 5. The highest BCUT2D eigenvalue weighted by Crippen LogP contribution is 2.18. The Balaban J connectivity index is 2.39. The first-order chi connectivity index (χ1) is 7.49. The van der Waals surface area contributed by atoms with Crippen LogP contribution in [-0.4, -0.2) is 22.1 Å². The van der Waals surface area contributed by atoms with Crippen LogP contribution in [0.4, 0.5) is 0 Å². The number of amides is 1. The van der Waals surface area contributed by atoms with Gasteiger partial charge in [0.15, 0.2) is 0 Å². The van der Waals surface area contributed by atoms with Gasteiger partial charge < -0.3 is 11.1 Å². The van der Waals surface area contributed by atoms with Crippen LogP contribution < -0.4 is 11.1 Å². The van der Waals surface area contributed by atoms with Gasteiger partial charge in [0, 0.05) is 18.4 Å². The molecular formula is C10H18N4OS. The van der Waals surface area contributed by atoms with E-state index in [-0.39, 0.29) is 11.9 Å². The molecule has 0 saturated carbocycles. The van der Waals surface area contributed by atoms with Crippen LogP contribution in [0.3, 0.4) is 0 Å². The lowest BCUT2D eigenvalue weighted by atomic mass is 10.2. The molecular weight excluding hydrogens is 224 g/mol. The van der Waals surface area contributed by atoms with E-state index in [2.05, 4.69) is 29.4 Å². The maximum atomic E-state index is 11.3. The highest BCUT2D eigenvalue weighted by atomic mass is 32.1. The molecule has 3 N–H and O–H groups in total. The van der Waals surface area contributed by atoms with E-state index in [9.17, 15) is 4.79 Å². The SMILES string of the molecule is CC(N)CC(=O)NCc1nnc(C(C)C)s1. The average molecular weight is 242 g/mol. The topological polar surface area (TPSA) is 80.9 Å². The van der Waals surface area contributed by atoms with Gasteiger partial charge in [-0.05, 0) is 6.92 Å². The molecule has 1 atom stereocenters. The van der Waals surface area contributed by atoms with Gasteiger partial charge in [-0.15, -0.1) is 10.2 Å². The Bertz CT molecular complexity index is 348. The van der Waals surface area contributed by atoms with E-state index in [1.165, 1.54) is 11.3 Å². The van der Waals surface area contributed by atoms with E-state index >= 15 is 0 Å². The second kappa shape index (κ2) is 5.91. The fourth-order valence-electron chi connectivity index (χ4n) is 1.11. The predicted molar refractivity (Wildman–Crippen MR) is 64.1 cm³/mol. The lowest BCUT2D eigenvalue weighted by Gasteiger charge is -2.04. The van der Waals surface area contributed by atoms with Crippen LogP contribution in [0.2, 0.25) is 0 Å². The fraction of sp³-hybridized carbons (Fsp3) is 0.700. The Morgan fingerprint density at radius 3 is 2.62 bits per heavy atom. The number of nitrogens with one attached hydrogen (secondary N) is 1. The Hall–Kier alpha value is -1.01. The van der Waals surface area contributed by atoms with Crippen molar-refractivity contribution in [2.75, 3.05) is 0 Å². The van der Waals surface area contributed by atoms with E-state index in [0.717, 1.165) is 10.0 Å². The molecule has 0 spiro atoms. The van der Waals surface area contributed by atoms with Crippen molar-refractivity contribution in [1.82, 2.24) is 15.5 Å². The van der Waals surface area contributed by atoms with Gasteiger partial charge in [-0.3, -0.25) is 4.79 Å². The van der Waals surface area contributed by atoms with Gasteiger partial charge in [-0.1, -0.05) is 25.2 Å². The fourth-order valence-corrected chi connectivity index (χ4v) is 1.89. The van der Waals surface area contributed by atoms with Crippen molar-refractivity contribution in [3.05, 3.63) is 10.0 Å². The molecule has 1 aromatic rings. The molecule has 1 rings (SSSR count). The predicted octanol–water partition coefficient (Wildman–Crippen LogP) is 1.01. The van der Waals surface area contributed by atoms with Gasteiger partial charge in [-0.25, -0.2) is 0 Å². The second-order valence-corrected chi connectivity index (χ2v) is 5.24. The van der Waals surface area contributed by atoms with Crippen LogP contribution in [0, 0.1) is 0 Å². The van der Waals surface area contributed by atoms with Crippen molar-refractivity contribution < 1.29 is 4.79 Å². The number of hydrogen-bond donors (Lipinski definition) is 2. The number of aromatic nitrogens is 2. The Morgan fingerprint density at radius 2 is 2.12 bits per heavy atom. The summed E-state index contributed by atoms with van der Waals surface area (Å²) >= 11 is 1.53. The lowest BCUT2D eigenvalue weighted by Crippen LogP contribution is -2.29. The Morgan fingerprint density at radius 1 is 1.44 bits per heavy atom. The summed E-state index contributed by atoms with van der Waals surface area (Å²) in [7, 11) is 0. The zero-order chi connectivity index (χ0) is 12.1. The van der Waals surface area contributed by atoms with Crippen molar-refractivity contribution >= 4 is 17.2 Å². The average Bonchev–Trinajstić information content (AvgIpc) is 2.61. The lowest BCUT2D eigenvalue weighted by molar-refractivity contribution is -0.121. The summed E-state index contributed by atoms with van der Waals surface area (Å²) in [5.41, 5.74) is 5.52. The van der Waals surface area contributed by atoms with Crippen molar-refractivity contribution in [3.8, 4) is 0 Å². The molecule has 0 bridgehead atoms. The minimum Gasteiger partial charge on any atom is -0.349 e. The first-order valence-corrected chi connectivity index (χ1v) is 6.15. The standard InChI is InChI=1S/C10H18N4OS/c1-6(2)10-14-13-9(16-10)5-12-8(15)4-7(3)11/h6-7H,4-5,11H2,1-3H3,(H,12,15). The number of carbonyl (C=O) groups excluding carboxylic acids is 1. The summed E-state index contributed by atoms with van der Waals surface area (Å²) in [5, 5.41) is 12.7. The van der Waals surface area contributed by atoms with Gasteiger partial charge >= 0.3 is 0 Å². The Labute approximate surface area is 99.5 Å². The molecule has 1 aromatic heterocycles. The maximum absolute atomic E-state index is 11.3. The molecule has 5 nitrogen and oxygen atoms in total. The minimum atomic E-state index is -0.111. The molecule has 0 aliphatic rings. The summed E-state index contributed by atoms with van der Waals surface area (Å²) in [6, 6.07) is -0.111. The van der Waals surface area contributed by atoms with E-state index in [4.69, 9.17) is 5.73 Å². The van der Waals surface area contributed by atoms with Crippen LogP contribution in [0.5, 0.6) is 0 Å². The molecule has 0 aliphatic heterocycles. The molecule has 1 amide bonds. The molecule has 1 heterocycles. The van der Waals surface area contributed by atoms with Crippen molar-refractivity contribution in [2.45, 2.75) is 45.7 Å². The number of carbonyl (C=O) groups is 1. The molecule has 6 heteroatoms. The molecule has 90 valence electrons. The van der Waals surface area contributed by atoms with Crippen LogP contribution in [0.15, 0.2) is 0 Å². The van der Waals surface area contributed by atoms with Crippen LogP contribution in [-0.2, 0) is 11.3 Å². The van der Waals surface area contributed by atoms with Gasteiger partial charge in [0.05, 0.1) is 6.54 Å². The zero-order valence-electron chi connectivity index (χ0n) is 9.86. The van der Waals surface area contributed by atoms with Crippen LogP contribution in [0.1, 0.15) is 43.1 Å². The summed E-state index contributed by atoms with van der Waals surface area (Å²) in [6.07, 6.45) is 0.343. The smallest absolute Gasteiger partial charge is 0.221 e. The van der Waals surface area contributed by atoms with E-state index in [1.807, 2.05) is 0 Å². The van der Waals surface area contributed by atoms with Gasteiger partial charge in [0.1, 0.15) is 10.0 Å². The Kier molecular flexibility index (Phi) is 4.82. The number of nitrogens with zero attached hydrogens (tertiary/aromatic N) is 2. The van der Waals surface area contributed by atoms with Crippen molar-refractivity contribution in [1.29, 1.82) is 0 Å². The second-order valence-electron chi connectivity index (χ2n) is 4.15. The number of rotatable bonds is 5. The molecule has 0 aromatic carbocycles. The van der Waals surface area contributed by atoms with Crippen LogP contribution in [0.25, 0.3) is 0 Å². The summed E-state index contributed by atoms with van der Waals surface area (Å²) in [4.78, 5) is 11.3. The monoisotopic (exact) mass is 242 g/mol. The third kappa shape index (κ3) is 4.24. The largest absolute Gasteiger partial charge is 0.349 e. The van der Waals surface area contributed by atoms with E-state index in [1.54, 1.807) is 6.92 Å². The molecule has 1 unspecified atom stereocenters. The first-order valence-electron chi connectivity index (χ1n) is 5.33. The highest BCUT2D eigenvalue weighted by Gasteiger charge is 2.09. The first kappa shape index (κ1) is 13.1. The van der Waals surface area contributed by atoms with Gasteiger partial charge in [-0.2, -0.15) is 0 Å². The molecule has 0 fully saturated rings. The van der Waals surface area contributed by atoms with Crippen molar-refractivity contribution in [3.63, 3.8) is 0 Å². The summed E-state index contributed by atoms with van der Waals surface area (Å²) in [6.45, 7) is 6.38. The van der Waals surface area contributed by atoms with E-state index in [0.29, 0.717) is 18.9 Å². The quantitative estimate of drug-likeness (QED) is 0.807. The van der Waals surface area contributed by atoms with Crippen molar-refractivity contribution in [2.24, 2.45) is 5.73 Å². The molecule has 0 radical (unpaired) electrons. The molecule has 16 heavy (non-hydrogen) atoms. The van der Waals surface area contributed by atoms with Gasteiger partial charge in [0.2, 0.25) is 5.91 Å². The van der Waals surface area contributed by atoms with Crippen LogP contribution >= 0.6 is 11.3 Å². The van der Waals surface area contributed by atoms with Gasteiger partial charge in [0.25, 0.3) is 0 Å². The minimum absolute atomic E-state index is 0.0451. The maximum Gasteiger partial charge on any atom is 0.221 e. The highest BCUT2D eigenvalue weighted by molar-refractivity contribution is 7.11. The third-order valence-electron chi connectivity index (χ3n) is 1.92. The normalized spacial score (nSPS) is 12.8. The molecule has 0 aliphatic carbocycles. The molecule has 0 saturated heterocycles.